The van der Waals surface area contributed by atoms with Crippen molar-refractivity contribution in [3.05, 3.63) is 65.9 Å². The fraction of sp³-hybridized carbons (Fsp3) is 0.227. The maximum absolute atomic E-state index is 12.3. The van der Waals surface area contributed by atoms with Crippen LogP contribution in [0.4, 0.5) is 0 Å². The first-order valence-electron chi connectivity index (χ1n) is 9.38. The van der Waals surface area contributed by atoms with Crippen LogP contribution < -0.4 is 20.1 Å². The van der Waals surface area contributed by atoms with Crippen molar-refractivity contribution >= 4 is 23.9 Å². The summed E-state index contributed by atoms with van der Waals surface area (Å²) in [5, 5.41) is 5.06. The summed E-state index contributed by atoms with van der Waals surface area (Å²) >= 11 is 0. The molecule has 2 aromatic rings. The van der Waals surface area contributed by atoms with Crippen molar-refractivity contribution < 1.29 is 28.6 Å². The normalized spacial score (nSPS) is 15.1. The van der Waals surface area contributed by atoms with Crippen LogP contribution in [-0.4, -0.2) is 43.6 Å². The van der Waals surface area contributed by atoms with E-state index >= 15 is 0 Å². The minimum Gasteiger partial charge on any atom is -0.486 e. The Morgan fingerprint density at radius 1 is 1.07 bits per heavy atom. The van der Waals surface area contributed by atoms with Crippen LogP contribution in [-0.2, 0) is 19.1 Å². The highest BCUT2D eigenvalue weighted by Gasteiger charge is 2.21. The van der Waals surface area contributed by atoms with Gasteiger partial charge in [-0.15, -0.1) is 0 Å². The van der Waals surface area contributed by atoms with Crippen LogP contribution in [0.25, 0.3) is 6.08 Å². The summed E-state index contributed by atoms with van der Waals surface area (Å²) < 4.78 is 16.4. The molecule has 30 heavy (non-hydrogen) atoms. The van der Waals surface area contributed by atoms with E-state index in [0.29, 0.717) is 23.7 Å². The van der Waals surface area contributed by atoms with Crippen molar-refractivity contribution in [1.82, 2.24) is 10.6 Å². The highest BCUT2D eigenvalue weighted by atomic mass is 16.6. The molecule has 156 valence electrons. The average molecular weight is 410 g/mol. The second-order valence-corrected chi connectivity index (χ2v) is 6.53. The van der Waals surface area contributed by atoms with E-state index in [4.69, 9.17) is 14.2 Å². The number of esters is 1. The summed E-state index contributed by atoms with van der Waals surface area (Å²) in [7, 11) is 0. The predicted octanol–water partition coefficient (Wildman–Crippen LogP) is 1.66. The predicted molar refractivity (Wildman–Crippen MR) is 109 cm³/mol. The third-order valence-corrected chi connectivity index (χ3v) is 4.07. The molecule has 0 bridgehead atoms. The zero-order chi connectivity index (χ0) is 21.3. The summed E-state index contributed by atoms with van der Waals surface area (Å²) in [6.45, 7) is 1.28. The van der Waals surface area contributed by atoms with Gasteiger partial charge in [-0.25, -0.2) is 4.79 Å². The molecule has 0 saturated heterocycles. The van der Waals surface area contributed by atoms with E-state index in [0.717, 1.165) is 0 Å². The molecule has 0 aromatic heterocycles. The molecule has 0 unspecified atom stereocenters. The third-order valence-electron chi connectivity index (χ3n) is 4.07. The van der Waals surface area contributed by atoms with Crippen LogP contribution in [0.5, 0.6) is 11.5 Å². The molecule has 8 nitrogen and oxygen atoms in total. The van der Waals surface area contributed by atoms with Crippen LogP contribution in [0.15, 0.2) is 60.3 Å². The number of rotatable bonds is 7. The van der Waals surface area contributed by atoms with Gasteiger partial charge in [0.15, 0.2) is 18.1 Å². The van der Waals surface area contributed by atoms with Gasteiger partial charge in [0, 0.05) is 6.92 Å². The molecular formula is C22H22N2O6. The highest BCUT2D eigenvalue weighted by molar-refractivity contribution is 5.98. The Morgan fingerprint density at radius 3 is 2.50 bits per heavy atom. The van der Waals surface area contributed by atoms with E-state index < -0.39 is 24.4 Å². The average Bonchev–Trinajstić information content (AvgIpc) is 2.76. The fourth-order valence-electron chi connectivity index (χ4n) is 2.70. The lowest BCUT2D eigenvalue weighted by atomic mass is 10.2. The van der Waals surface area contributed by atoms with E-state index in [1.807, 2.05) is 18.2 Å². The van der Waals surface area contributed by atoms with Crippen molar-refractivity contribution in [2.45, 2.75) is 13.0 Å². The molecular weight excluding hydrogens is 388 g/mol. The molecule has 1 aliphatic rings. The third kappa shape index (κ3) is 6.10. The lowest BCUT2D eigenvalue weighted by Gasteiger charge is -2.26. The molecule has 0 fully saturated rings. The number of hydrogen-bond acceptors (Lipinski definition) is 6. The van der Waals surface area contributed by atoms with E-state index in [2.05, 4.69) is 10.6 Å². The Kier molecular flexibility index (Phi) is 7.05. The number of carbonyl (C=O) groups excluding carboxylic acids is 3. The van der Waals surface area contributed by atoms with Gasteiger partial charge in [0.25, 0.3) is 5.91 Å². The van der Waals surface area contributed by atoms with Crippen molar-refractivity contribution in [2.24, 2.45) is 0 Å². The van der Waals surface area contributed by atoms with E-state index in [9.17, 15) is 14.4 Å². The topological polar surface area (TPSA) is 103 Å². The van der Waals surface area contributed by atoms with Crippen LogP contribution in [0.3, 0.4) is 0 Å². The Bertz CT molecular complexity index is 942. The Labute approximate surface area is 173 Å². The lowest BCUT2D eigenvalue weighted by molar-refractivity contribution is -0.145. The zero-order valence-corrected chi connectivity index (χ0v) is 16.4. The smallest absolute Gasteiger partial charge is 0.355 e. The second-order valence-electron chi connectivity index (χ2n) is 6.53. The summed E-state index contributed by atoms with van der Waals surface area (Å²) in [5.41, 5.74) is 0.652. The molecule has 0 radical (unpaired) electrons. The number of amides is 2. The largest absolute Gasteiger partial charge is 0.486 e. The Balaban J connectivity index is 1.48. The van der Waals surface area contributed by atoms with E-state index in [-0.39, 0.29) is 18.3 Å². The van der Waals surface area contributed by atoms with Gasteiger partial charge in [0.05, 0.1) is 6.54 Å². The number of hydrogen-bond donors (Lipinski definition) is 2. The molecule has 2 aromatic carbocycles. The van der Waals surface area contributed by atoms with E-state index in [1.165, 1.54) is 13.0 Å². The SMILES string of the molecule is CC(=O)N/C(=C\c1ccccc1)C(=O)OCC(=O)NC[C@H]1COc2ccccc2O1. The van der Waals surface area contributed by atoms with Gasteiger partial charge in [0.2, 0.25) is 5.91 Å². The van der Waals surface area contributed by atoms with Crippen molar-refractivity contribution in [2.75, 3.05) is 19.8 Å². The van der Waals surface area contributed by atoms with Crippen molar-refractivity contribution in [3.8, 4) is 11.5 Å². The van der Waals surface area contributed by atoms with Crippen LogP contribution in [0.2, 0.25) is 0 Å². The number of para-hydroxylation sites is 2. The summed E-state index contributed by atoms with van der Waals surface area (Å²) in [4.78, 5) is 35.7. The number of benzene rings is 2. The molecule has 3 rings (SSSR count). The molecule has 1 aliphatic heterocycles. The molecule has 0 saturated carbocycles. The standard InChI is InChI=1S/C22H22N2O6/c1-15(25)24-18(11-16-7-3-2-4-8-16)22(27)29-14-21(26)23-12-17-13-28-19-9-5-6-10-20(19)30-17/h2-11,17H,12-14H2,1H3,(H,23,26)(H,24,25)/b18-11-/t17-/m0/s1. The number of fused-ring (bicyclic) bond motifs is 1. The van der Waals surface area contributed by atoms with Crippen LogP contribution in [0, 0.1) is 0 Å². The minimum atomic E-state index is -0.810. The van der Waals surface area contributed by atoms with Gasteiger partial charge < -0.3 is 24.8 Å². The molecule has 0 spiro atoms. The van der Waals surface area contributed by atoms with Crippen molar-refractivity contribution in [3.63, 3.8) is 0 Å². The summed E-state index contributed by atoms with van der Waals surface area (Å²) in [6.07, 6.45) is 1.12. The molecule has 1 heterocycles. The van der Waals surface area contributed by atoms with Gasteiger partial charge in [-0.05, 0) is 23.8 Å². The second kappa shape index (κ2) is 10.1. The van der Waals surface area contributed by atoms with Gasteiger partial charge in [-0.1, -0.05) is 42.5 Å². The number of ether oxygens (including phenoxy) is 3. The zero-order valence-electron chi connectivity index (χ0n) is 16.4. The minimum absolute atomic E-state index is 0.0536. The molecule has 2 N–H and O–H groups in total. The number of carbonyl (C=O) groups is 3. The maximum Gasteiger partial charge on any atom is 0.355 e. The van der Waals surface area contributed by atoms with E-state index in [1.54, 1.807) is 36.4 Å². The fourth-order valence-corrected chi connectivity index (χ4v) is 2.70. The molecule has 2 amide bonds. The highest BCUT2D eigenvalue weighted by Crippen LogP contribution is 2.30. The Morgan fingerprint density at radius 2 is 1.77 bits per heavy atom. The van der Waals surface area contributed by atoms with Crippen LogP contribution >= 0.6 is 0 Å². The quantitative estimate of drug-likeness (QED) is 0.532. The first-order chi connectivity index (χ1) is 14.5. The molecule has 8 heteroatoms. The van der Waals surface area contributed by atoms with Gasteiger partial charge >= 0.3 is 5.97 Å². The Hall–Kier alpha value is -3.81. The van der Waals surface area contributed by atoms with Gasteiger partial charge in [-0.2, -0.15) is 0 Å². The summed E-state index contributed by atoms with van der Waals surface area (Å²) in [5.74, 6) is -0.457. The first-order valence-corrected chi connectivity index (χ1v) is 9.38. The molecule has 1 atom stereocenters. The maximum atomic E-state index is 12.3. The van der Waals surface area contributed by atoms with Gasteiger partial charge in [-0.3, -0.25) is 9.59 Å². The monoisotopic (exact) mass is 410 g/mol. The van der Waals surface area contributed by atoms with Gasteiger partial charge in [0.1, 0.15) is 18.4 Å². The van der Waals surface area contributed by atoms with Crippen molar-refractivity contribution in [1.29, 1.82) is 0 Å². The summed E-state index contributed by atoms with van der Waals surface area (Å²) in [6, 6.07) is 16.2. The number of nitrogens with one attached hydrogen (secondary N) is 2. The lowest BCUT2D eigenvalue weighted by Crippen LogP contribution is -2.42. The molecule has 0 aliphatic carbocycles. The first kappa shape index (κ1) is 20.9. The van der Waals surface area contributed by atoms with Crippen LogP contribution in [0.1, 0.15) is 12.5 Å².